The molecule has 0 aliphatic heterocycles. The Labute approximate surface area is 149 Å². The number of para-hydroxylation sites is 2. The van der Waals surface area contributed by atoms with Crippen molar-refractivity contribution in [1.29, 1.82) is 0 Å². The number of benzene rings is 1. The summed E-state index contributed by atoms with van der Waals surface area (Å²) < 4.78 is 16.9. The Hall–Kier alpha value is -2.39. The molecule has 3 aromatic rings. The van der Waals surface area contributed by atoms with Crippen LogP contribution in [-0.4, -0.2) is 29.8 Å². The topological polar surface area (TPSA) is 86.5 Å². The molecule has 0 radical (unpaired) electrons. The van der Waals surface area contributed by atoms with E-state index in [2.05, 4.69) is 31.4 Å². The standard InChI is InChI=1S/C15H12BrN3O4S/c1-21-9-4-2-3-5-10(9)22-8-13(20)17-15-19-18-14(23-15)11-6-7-12(16)24-11/h2-7H,8H2,1H3,(H,17,19,20). The fraction of sp³-hybridized carbons (Fsp3) is 0.133. The average molecular weight is 410 g/mol. The molecule has 2 aromatic heterocycles. The van der Waals surface area contributed by atoms with Crippen molar-refractivity contribution in [3.05, 3.63) is 40.2 Å². The summed E-state index contributed by atoms with van der Waals surface area (Å²) in [6.45, 7) is -0.206. The molecule has 1 N–H and O–H groups in total. The Morgan fingerprint density at radius 3 is 2.75 bits per heavy atom. The number of thiophene rings is 1. The van der Waals surface area contributed by atoms with Gasteiger partial charge in [-0.3, -0.25) is 10.1 Å². The van der Waals surface area contributed by atoms with Gasteiger partial charge < -0.3 is 13.9 Å². The first-order valence-electron chi connectivity index (χ1n) is 6.80. The van der Waals surface area contributed by atoms with Crippen LogP contribution in [-0.2, 0) is 4.79 Å². The molecule has 0 saturated carbocycles. The number of nitrogens with zero attached hydrogens (tertiary/aromatic N) is 2. The van der Waals surface area contributed by atoms with E-state index in [1.807, 2.05) is 18.2 Å². The van der Waals surface area contributed by atoms with Crippen molar-refractivity contribution in [1.82, 2.24) is 10.2 Å². The van der Waals surface area contributed by atoms with E-state index in [9.17, 15) is 4.79 Å². The Balaban J connectivity index is 1.58. The van der Waals surface area contributed by atoms with Gasteiger partial charge >= 0.3 is 6.01 Å². The molecule has 24 heavy (non-hydrogen) atoms. The maximum atomic E-state index is 11.9. The van der Waals surface area contributed by atoms with E-state index >= 15 is 0 Å². The monoisotopic (exact) mass is 409 g/mol. The van der Waals surface area contributed by atoms with E-state index in [4.69, 9.17) is 13.9 Å². The van der Waals surface area contributed by atoms with Crippen LogP contribution in [0.1, 0.15) is 0 Å². The quantitative estimate of drug-likeness (QED) is 0.669. The Morgan fingerprint density at radius 2 is 2.04 bits per heavy atom. The first-order valence-corrected chi connectivity index (χ1v) is 8.41. The van der Waals surface area contributed by atoms with Gasteiger partial charge in [0.25, 0.3) is 11.8 Å². The smallest absolute Gasteiger partial charge is 0.322 e. The molecule has 1 aromatic carbocycles. The second kappa shape index (κ2) is 7.45. The van der Waals surface area contributed by atoms with E-state index in [0.717, 1.165) is 8.66 Å². The Bertz CT molecular complexity index is 849. The van der Waals surface area contributed by atoms with Gasteiger partial charge in [-0.1, -0.05) is 17.2 Å². The molecule has 0 atom stereocenters. The van der Waals surface area contributed by atoms with Crippen molar-refractivity contribution in [3.63, 3.8) is 0 Å². The van der Waals surface area contributed by atoms with Gasteiger partial charge in [-0.2, -0.15) is 0 Å². The van der Waals surface area contributed by atoms with Crippen LogP contribution < -0.4 is 14.8 Å². The lowest BCUT2D eigenvalue weighted by atomic mass is 10.3. The highest BCUT2D eigenvalue weighted by Gasteiger charge is 2.14. The molecule has 0 bridgehead atoms. The summed E-state index contributed by atoms with van der Waals surface area (Å²) >= 11 is 4.82. The molecule has 7 nitrogen and oxygen atoms in total. The van der Waals surface area contributed by atoms with Crippen LogP contribution in [0.5, 0.6) is 11.5 Å². The van der Waals surface area contributed by atoms with Gasteiger partial charge in [-0.25, -0.2) is 0 Å². The van der Waals surface area contributed by atoms with Gasteiger partial charge in [0.15, 0.2) is 18.1 Å². The van der Waals surface area contributed by atoms with E-state index in [1.165, 1.54) is 18.4 Å². The lowest BCUT2D eigenvalue weighted by Crippen LogP contribution is -2.20. The summed E-state index contributed by atoms with van der Waals surface area (Å²) in [5.41, 5.74) is 0. The molecule has 9 heteroatoms. The zero-order chi connectivity index (χ0) is 16.9. The molecule has 0 aliphatic rings. The van der Waals surface area contributed by atoms with Crippen LogP contribution in [0.25, 0.3) is 10.8 Å². The normalized spacial score (nSPS) is 10.4. The molecule has 124 valence electrons. The number of hydrogen-bond donors (Lipinski definition) is 1. The summed E-state index contributed by atoms with van der Waals surface area (Å²) in [7, 11) is 1.53. The van der Waals surface area contributed by atoms with Gasteiger partial charge in [0.1, 0.15) is 0 Å². The zero-order valence-corrected chi connectivity index (χ0v) is 14.9. The van der Waals surface area contributed by atoms with Gasteiger partial charge in [0.05, 0.1) is 15.8 Å². The maximum Gasteiger partial charge on any atom is 0.322 e. The van der Waals surface area contributed by atoms with Crippen molar-refractivity contribution in [2.45, 2.75) is 0 Å². The number of ether oxygens (including phenoxy) is 2. The first kappa shape index (κ1) is 16.5. The molecule has 0 unspecified atom stereocenters. The van der Waals surface area contributed by atoms with Crippen molar-refractivity contribution in [3.8, 4) is 22.3 Å². The SMILES string of the molecule is COc1ccccc1OCC(=O)Nc1nnc(-c2ccc(Br)s2)o1. The number of anilines is 1. The van der Waals surface area contributed by atoms with Crippen molar-refractivity contribution in [2.24, 2.45) is 0 Å². The van der Waals surface area contributed by atoms with Gasteiger partial charge in [-0.05, 0) is 40.2 Å². The summed E-state index contributed by atoms with van der Waals surface area (Å²) in [6.07, 6.45) is 0. The van der Waals surface area contributed by atoms with Crippen LogP contribution in [0.15, 0.2) is 44.6 Å². The van der Waals surface area contributed by atoms with Gasteiger partial charge in [0.2, 0.25) is 0 Å². The second-order valence-electron chi connectivity index (χ2n) is 4.50. The lowest BCUT2D eigenvalue weighted by molar-refractivity contribution is -0.118. The number of carbonyl (C=O) groups is 1. The molecular formula is C15H12BrN3O4S. The average Bonchev–Trinajstić information content (AvgIpc) is 3.22. The van der Waals surface area contributed by atoms with Crippen LogP contribution in [0.3, 0.4) is 0 Å². The molecule has 1 amide bonds. The first-order chi connectivity index (χ1) is 11.7. The third-order valence-corrected chi connectivity index (χ3v) is 4.49. The molecule has 0 spiro atoms. The van der Waals surface area contributed by atoms with Crippen LogP contribution in [0.4, 0.5) is 6.01 Å². The number of carbonyl (C=O) groups excluding carboxylic acids is 1. The summed E-state index contributed by atoms with van der Waals surface area (Å²) in [4.78, 5) is 12.7. The molecule has 0 fully saturated rings. The highest BCUT2D eigenvalue weighted by molar-refractivity contribution is 9.11. The minimum Gasteiger partial charge on any atom is -0.493 e. The Morgan fingerprint density at radius 1 is 1.25 bits per heavy atom. The molecular weight excluding hydrogens is 398 g/mol. The van der Waals surface area contributed by atoms with Crippen LogP contribution in [0.2, 0.25) is 0 Å². The third-order valence-electron chi connectivity index (χ3n) is 2.88. The number of hydrogen-bond acceptors (Lipinski definition) is 7. The fourth-order valence-corrected chi connectivity index (χ4v) is 3.15. The number of rotatable bonds is 6. The molecule has 0 aliphatic carbocycles. The van der Waals surface area contributed by atoms with Gasteiger partial charge in [-0.15, -0.1) is 16.4 Å². The van der Waals surface area contributed by atoms with Gasteiger partial charge in [0, 0.05) is 0 Å². The largest absolute Gasteiger partial charge is 0.493 e. The number of nitrogens with one attached hydrogen (secondary N) is 1. The summed E-state index contributed by atoms with van der Waals surface area (Å²) in [6, 6.07) is 10.8. The van der Waals surface area contributed by atoms with Crippen LogP contribution >= 0.6 is 27.3 Å². The minimum absolute atomic E-state index is 0.0168. The third kappa shape index (κ3) is 3.92. The number of amides is 1. The number of halogens is 1. The highest BCUT2D eigenvalue weighted by atomic mass is 79.9. The van der Waals surface area contributed by atoms with E-state index < -0.39 is 5.91 Å². The second-order valence-corrected chi connectivity index (χ2v) is 6.97. The van der Waals surface area contributed by atoms with E-state index in [0.29, 0.717) is 17.4 Å². The van der Waals surface area contributed by atoms with Crippen molar-refractivity contribution >= 4 is 39.2 Å². The Kier molecular flexibility index (Phi) is 5.11. The van der Waals surface area contributed by atoms with Crippen molar-refractivity contribution in [2.75, 3.05) is 19.0 Å². The maximum absolute atomic E-state index is 11.9. The van der Waals surface area contributed by atoms with E-state index in [-0.39, 0.29) is 12.6 Å². The van der Waals surface area contributed by atoms with Crippen LogP contribution in [0, 0.1) is 0 Å². The summed E-state index contributed by atoms with van der Waals surface area (Å²) in [5.74, 6) is 0.952. The predicted octanol–water partition coefficient (Wildman–Crippen LogP) is 3.59. The lowest BCUT2D eigenvalue weighted by Gasteiger charge is -2.09. The molecule has 0 saturated heterocycles. The van der Waals surface area contributed by atoms with Crippen molar-refractivity contribution < 1.29 is 18.7 Å². The fourth-order valence-electron chi connectivity index (χ4n) is 1.84. The minimum atomic E-state index is -0.413. The predicted molar refractivity (Wildman–Crippen MR) is 92.4 cm³/mol. The highest BCUT2D eigenvalue weighted by Crippen LogP contribution is 2.31. The number of methoxy groups -OCH3 is 1. The zero-order valence-electron chi connectivity index (χ0n) is 12.5. The molecule has 2 heterocycles. The number of aromatic nitrogens is 2. The molecule has 3 rings (SSSR count). The summed E-state index contributed by atoms with van der Waals surface area (Å²) in [5, 5.41) is 10.2. The van der Waals surface area contributed by atoms with E-state index in [1.54, 1.807) is 18.2 Å².